The lowest BCUT2D eigenvalue weighted by Crippen LogP contribution is -2.40. The summed E-state index contributed by atoms with van der Waals surface area (Å²) >= 11 is 6.06. The maximum Gasteiger partial charge on any atom is 0.254 e. The molecule has 0 atom stereocenters. The predicted molar refractivity (Wildman–Crippen MR) is 120 cm³/mol. The van der Waals surface area contributed by atoms with Gasteiger partial charge in [0.1, 0.15) is 11.5 Å². The van der Waals surface area contributed by atoms with Crippen molar-refractivity contribution in [1.82, 2.24) is 19.3 Å². The minimum atomic E-state index is 0.00668. The first-order valence-corrected chi connectivity index (χ1v) is 10.4. The van der Waals surface area contributed by atoms with E-state index in [-0.39, 0.29) is 5.91 Å². The molecule has 0 spiro atoms. The molecule has 2 aromatic carbocycles. The molecule has 1 amide bonds. The number of anilines is 2. The molecule has 31 heavy (non-hydrogen) atoms. The Bertz CT molecular complexity index is 1230. The second-order valence-electron chi connectivity index (χ2n) is 7.23. The first-order valence-electron chi connectivity index (χ1n) is 10.0. The van der Waals surface area contributed by atoms with E-state index in [1.165, 1.54) is 0 Å². The van der Waals surface area contributed by atoms with E-state index < -0.39 is 0 Å². The van der Waals surface area contributed by atoms with Gasteiger partial charge in [-0.3, -0.25) is 14.2 Å². The highest BCUT2D eigenvalue weighted by atomic mass is 35.5. The molecule has 2 aromatic heterocycles. The lowest BCUT2D eigenvalue weighted by atomic mass is 10.1. The van der Waals surface area contributed by atoms with Crippen LogP contribution < -0.4 is 5.32 Å². The fourth-order valence-corrected chi connectivity index (χ4v) is 3.78. The van der Waals surface area contributed by atoms with Gasteiger partial charge in [-0.2, -0.15) is 0 Å². The van der Waals surface area contributed by atoms with Crippen molar-refractivity contribution in [2.24, 2.45) is 0 Å². The molecule has 1 N–H and O–H groups in total. The third kappa shape index (κ3) is 3.97. The molecular formula is C23H20ClN5O2. The number of nitrogens with one attached hydrogen (secondary N) is 1. The number of halogens is 1. The number of carbonyl (C=O) groups excluding carboxylic acids is 1. The minimum Gasteiger partial charge on any atom is -0.378 e. The van der Waals surface area contributed by atoms with Crippen molar-refractivity contribution in [1.29, 1.82) is 0 Å². The van der Waals surface area contributed by atoms with Gasteiger partial charge in [0.05, 0.1) is 19.4 Å². The first-order chi connectivity index (χ1) is 15.2. The topological polar surface area (TPSA) is 71.8 Å². The summed E-state index contributed by atoms with van der Waals surface area (Å²) < 4.78 is 7.29. The van der Waals surface area contributed by atoms with Crippen LogP contribution in [0.2, 0.25) is 5.02 Å². The molecule has 156 valence electrons. The Kier molecular flexibility index (Phi) is 5.28. The highest BCUT2D eigenvalue weighted by Crippen LogP contribution is 2.31. The summed E-state index contributed by atoms with van der Waals surface area (Å²) in [5.74, 6) is 0.794. The number of carbonyl (C=O) groups is 1. The Balaban J connectivity index is 1.51. The molecule has 1 aliphatic heterocycles. The van der Waals surface area contributed by atoms with Crippen molar-refractivity contribution < 1.29 is 9.53 Å². The van der Waals surface area contributed by atoms with Gasteiger partial charge in [-0.1, -0.05) is 29.8 Å². The van der Waals surface area contributed by atoms with Gasteiger partial charge >= 0.3 is 0 Å². The molecule has 0 saturated carbocycles. The lowest BCUT2D eigenvalue weighted by molar-refractivity contribution is 0.0303. The zero-order valence-corrected chi connectivity index (χ0v) is 17.4. The van der Waals surface area contributed by atoms with Gasteiger partial charge in [0.15, 0.2) is 5.65 Å². The Morgan fingerprint density at radius 3 is 2.71 bits per heavy atom. The van der Waals surface area contributed by atoms with Crippen molar-refractivity contribution in [2.75, 3.05) is 31.6 Å². The van der Waals surface area contributed by atoms with E-state index in [1.807, 2.05) is 64.0 Å². The molecule has 1 fully saturated rings. The molecule has 0 aliphatic carbocycles. The smallest absolute Gasteiger partial charge is 0.254 e. The van der Waals surface area contributed by atoms with Gasteiger partial charge in [-0.05, 0) is 30.3 Å². The first kappa shape index (κ1) is 19.5. The second-order valence-corrected chi connectivity index (χ2v) is 7.67. The van der Waals surface area contributed by atoms with Crippen LogP contribution in [0.5, 0.6) is 0 Å². The number of aromatic nitrogens is 3. The van der Waals surface area contributed by atoms with Gasteiger partial charge in [0.2, 0.25) is 0 Å². The number of ether oxygens (including phenoxy) is 1. The third-order valence-electron chi connectivity index (χ3n) is 5.22. The number of amides is 1. The molecule has 1 aliphatic rings. The molecule has 5 rings (SSSR count). The number of hydrogen-bond acceptors (Lipinski definition) is 5. The van der Waals surface area contributed by atoms with E-state index >= 15 is 0 Å². The van der Waals surface area contributed by atoms with E-state index in [2.05, 4.69) is 10.3 Å². The number of nitrogens with zero attached hydrogens (tertiary/aromatic N) is 4. The van der Waals surface area contributed by atoms with Crippen LogP contribution in [0, 0.1) is 0 Å². The average molecular weight is 434 g/mol. The lowest BCUT2D eigenvalue weighted by Gasteiger charge is -2.27. The van der Waals surface area contributed by atoms with E-state index in [1.54, 1.807) is 12.4 Å². The van der Waals surface area contributed by atoms with Crippen LogP contribution in [-0.4, -0.2) is 51.5 Å². The average Bonchev–Trinajstić information content (AvgIpc) is 3.18. The summed E-state index contributed by atoms with van der Waals surface area (Å²) in [6.45, 7) is 2.36. The van der Waals surface area contributed by atoms with Crippen LogP contribution >= 0.6 is 11.6 Å². The molecule has 3 heterocycles. The Morgan fingerprint density at radius 1 is 1.10 bits per heavy atom. The Morgan fingerprint density at radius 2 is 1.90 bits per heavy atom. The highest BCUT2D eigenvalue weighted by Gasteiger charge is 2.19. The van der Waals surface area contributed by atoms with E-state index in [0.29, 0.717) is 36.9 Å². The normalized spacial score (nSPS) is 14.0. The number of rotatable bonds is 4. The Labute approximate surface area is 184 Å². The fraction of sp³-hybridized carbons (Fsp3) is 0.174. The molecule has 4 aromatic rings. The molecular weight excluding hydrogens is 414 g/mol. The number of benzene rings is 2. The second kappa shape index (κ2) is 8.37. The third-order valence-corrected chi connectivity index (χ3v) is 5.47. The molecule has 8 heteroatoms. The van der Waals surface area contributed by atoms with E-state index in [4.69, 9.17) is 21.3 Å². The van der Waals surface area contributed by atoms with E-state index in [0.717, 1.165) is 28.4 Å². The molecule has 0 unspecified atom stereocenters. The van der Waals surface area contributed by atoms with E-state index in [9.17, 15) is 4.79 Å². The SMILES string of the molecule is O=C(c1cccc(Nc2c(-c3ccc(Cl)cc3)nc3cnccn23)c1)N1CCOCC1. The fourth-order valence-electron chi connectivity index (χ4n) is 3.65. The zero-order chi connectivity index (χ0) is 21.2. The van der Waals surface area contributed by atoms with Crippen molar-refractivity contribution in [3.8, 4) is 11.3 Å². The van der Waals surface area contributed by atoms with Gasteiger partial charge in [0.25, 0.3) is 5.91 Å². The maximum absolute atomic E-state index is 12.9. The number of morpholine rings is 1. The van der Waals surface area contributed by atoms with Gasteiger partial charge in [0, 0.05) is 47.3 Å². The van der Waals surface area contributed by atoms with Gasteiger partial charge < -0.3 is 15.0 Å². The minimum absolute atomic E-state index is 0.00668. The van der Waals surface area contributed by atoms with Crippen molar-refractivity contribution in [2.45, 2.75) is 0 Å². The summed E-state index contributed by atoms with van der Waals surface area (Å²) in [5.41, 5.74) is 3.85. The Hall–Kier alpha value is -3.42. The molecule has 1 saturated heterocycles. The standard InChI is InChI=1S/C23H20ClN5O2/c24-18-6-4-16(5-7-18)21-22(29-9-8-25-15-20(29)27-21)26-19-3-1-2-17(14-19)23(30)28-10-12-31-13-11-28/h1-9,14-15,26H,10-13H2. The predicted octanol–water partition coefficient (Wildman–Crippen LogP) is 4.27. The summed E-state index contributed by atoms with van der Waals surface area (Å²) in [4.78, 5) is 23.6. The number of hydrogen-bond donors (Lipinski definition) is 1. The van der Waals surface area contributed by atoms with Crippen LogP contribution in [-0.2, 0) is 4.74 Å². The quantitative estimate of drug-likeness (QED) is 0.520. The van der Waals surface area contributed by atoms with Crippen molar-refractivity contribution >= 4 is 34.7 Å². The van der Waals surface area contributed by atoms with Gasteiger partial charge in [-0.15, -0.1) is 0 Å². The van der Waals surface area contributed by atoms with Crippen LogP contribution in [0.25, 0.3) is 16.9 Å². The largest absolute Gasteiger partial charge is 0.378 e. The summed E-state index contributed by atoms with van der Waals surface area (Å²) in [6, 6.07) is 15.0. The van der Waals surface area contributed by atoms with Crippen molar-refractivity contribution in [3.05, 3.63) is 77.7 Å². The summed E-state index contributed by atoms with van der Waals surface area (Å²) in [6.07, 6.45) is 5.28. The zero-order valence-electron chi connectivity index (χ0n) is 16.7. The monoisotopic (exact) mass is 433 g/mol. The van der Waals surface area contributed by atoms with Crippen molar-refractivity contribution in [3.63, 3.8) is 0 Å². The summed E-state index contributed by atoms with van der Waals surface area (Å²) in [5, 5.41) is 4.12. The highest BCUT2D eigenvalue weighted by molar-refractivity contribution is 6.30. The van der Waals surface area contributed by atoms with Gasteiger partial charge in [-0.25, -0.2) is 4.98 Å². The number of imidazole rings is 1. The maximum atomic E-state index is 12.9. The summed E-state index contributed by atoms with van der Waals surface area (Å²) in [7, 11) is 0. The molecule has 0 radical (unpaired) electrons. The van der Waals surface area contributed by atoms with Crippen LogP contribution in [0.15, 0.2) is 67.1 Å². The van der Waals surface area contributed by atoms with Crippen LogP contribution in [0.3, 0.4) is 0 Å². The molecule has 7 nitrogen and oxygen atoms in total. The number of fused-ring (bicyclic) bond motifs is 1. The van der Waals surface area contributed by atoms with Crippen LogP contribution in [0.4, 0.5) is 11.5 Å². The van der Waals surface area contributed by atoms with Crippen LogP contribution in [0.1, 0.15) is 10.4 Å². The molecule has 0 bridgehead atoms.